The molecule has 8 nitrogen and oxygen atoms in total. The summed E-state index contributed by atoms with van der Waals surface area (Å²) in [6.45, 7) is 5.44. The lowest BCUT2D eigenvalue weighted by atomic mass is 9.99. The molecule has 0 bridgehead atoms. The van der Waals surface area contributed by atoms with E-state index in [2.05, 4.69) is 40.2 Å². The summed E-state index contributed by atoms with van der Waals surface area (Å²) in [5.41, 5.74) is 5.03. The van der Waals surface area contributed by atoms with Gasteiger partial charge in [-0.05, 0) is 74.1 Å². The van der Waals surface area contributed by atoms with E-state index in [1.165, 1.54) is 30.8 Å². The quantitative estimate of drug-likeness (QED) is 0.259. The molecule has 172 valence electrons. The minimum Gasteiger partial charge on any atom is -0.391 e. The van der Waals surface area contributed by atoms with Gasteiger partial charge in [-0.1, -0.05) is 36.4 Å². The van der Waals surface area contributed by atoms with Crippen LogP contribution in [0.2, 0.25) is 0 Å². The molecular weight excluding hydrogens is 408 g/mol. The maximum atomic E-state index is 12.4. The van der Waals surface area contributed by atoms with Gasteiger partial charge >= 0.3 is 0 Å². The third-order valence-electron chi connectivity index (χ3n) is 5.76. The van der Waals surface area contributed by atoms with Crippen molar-refractivity contribution in [3.63, 3.8) is 0 Å². The molecule has 1 fully saturated rings. The van der Waals surface area contributed by atoms with Crippen LogP contribution in [0.3, 0.4) is 0 Å². The van der Waals surface area contributed by atoms with Gasteiger partial charge in [-0.15, -0.1) is 0 Å². The van der Waals surface area contributed by atoms with E-state index in [1.807, 2.05) is 12.1 Å². The highest BCUT2D eigenvalue weighted by molar-refractivity contribution is 5.97. The van der Waals surface area contributed by atoms with Crippen molar-refractivity contribution in [1.82, 2.24) is 21.4 Å². The van der Waals surface area contributed by atoms with Gasteiger partial charge in [0, 0.05) is 12.1 Å². The summed E-state index contributed by atoms with van der Waals surface area (Å²) in [6, 6.07) is 14.1. The second-order valence-electron chi connectivity index (χ2n) is 8.29. The number of hydroxylamine groups is 1. The molecule has 1 aliphatic heterocycles. The van der Waals surface area contributed by atoms with Crippen molar-refractivity contribution in [2.75, 3.05) is 19.6 Å². The van der Waals surface area contributed by atoms with Crippen LogP contribution in [0.25, 0.3) is 11.1 Å². The summed E-state index contributed by atoms with van der Waals surface area (Å²) < 4.78 is 0. The highest BCUT2D eigenvalue weighted by Gasteiger charge is 2.25. The van der Waals surface area contributed by atoms with E-state index in [-0.39, 0.29) is 0 Å². The molecule has 1 heterocycles. The Labute approximate surface area is 188 Å². The van der Waals surface area contributed by atoms with E-state index in [9.17, 15) is 14.7 Å². The Bertz CT molecular complexity index is 878. The molecule has 3 rings (SSSR count). The number of rotatable bonds is 9. The van der Waals surface area contributed by atoms with Crippen LogP contribution in [0.4, 0.5) is 0 Å². The number of nitrogens with one attached hydrogen (secondary N) is 4. The molecule has 8 heteroatoms. The topological polar surface area (TPSA) is 123 Å². The SMILES string of the molecule is C[C@@H](O)[C@H](NC(=O)c1ccc(-c2ccc(CNCC3CCCNC3)cc2)cc1)C(=O)NO. The molecule has 2 aromatic rings. The summed E-state index contributed by atoms with van der Waals surface area (Å²) in [5.74, 6) is -0.691. The van der Waals surface area contributed by atoms with Crippen LogP contribution in [0.1, 0.15) is 35.7 Å². The number of aliphatic hydroxyl groups excluding tert-OH is 1. The van der Waals surface area contributed by atoms with Gasteiger partial charge in [0.1, 0.15) is 6.04 Å². The maximum absolute atomic E-state index is 12.4. The molecule has 0 aliphatic carbocycles. The van der Waals surface area contributed by atoms with E-state index in [0.29, 0.717) is 11.5 Å². The van der Waals surface area contributed by atoms with Gasteiger partial charge in [-0.25, -0.2) is 5.48 Å². The fourth-order valence-electron chi connectivity index (χ4n) is 3.85. The smallest absolute Gasteiger partial charge is 0.268 e. The zero-order valence-electron chi connectivity index (χ0n) is 18.3. The van der Waals surface area contributed by atoms with Crippen molar-refractivity contribution >= 4 is 11.8 Å². The van der Waals surface area contributed by atoms with Crippen LogP contribution in [0.5, 0.6) is 0 Å². The molecule has 1 aliphatic rings. The monoisotopic (exact) mass is 440 g/mol. The summed E-state index contributed by atoms with van der Waals surface area (Å²) in [7, 11) is 0. The third kappa shape index (κ3) is 6.61. The summed E-state index contributed by atoms with van der Waals surface area (Å²) >= 11 is 0. The Morgan fingerprint density at radius 3 is 2.31 bits per heavy atom. The lowest BCUT2D eigenvalue weighted by Crippen LogP contribution is -2.51. The lowest BCUT2D eigenvalue weighted by molar-refractivity contribution is -0.133. The molecule has 2 aromatic carbocycles. The first-order valence-corrected chi connectivity index (χ1v) is 11.0. The minimum absolute atomic E-state index is 0.350. The van der Waals surface area contributed by atoms with Crippen LogP contribution in [0.15, 0.2) is 48.5 Å². The van der Waals surface area contributed by atoms with Gasteiger partial charge in [-0.2, -0.15) is 0 Å². The van der Waals surface area contributed by atoms with Crippen molar-refractivity contribution in [3.8, 4) is 11.1 Å². The van der Waals surface area contributed by atoms with Crippen molar-refractivity contribution in [2.24, 2.45) is 5.92 Å². The van der Waals surface area contributed by atoms with Crippen molar-refractivity contribution in [2.45, 2.75) is 38.5 Å². The number of piperidine rings is 1. The second kappa shape index (κ2) is 11.7. The zero-order valence-corrected chi connectivity index (χ0v) is 18.3. The largest absolute Gasteiger partial charge is 0.391 e. The Hall–Kier alpha value is -2.78. The first kappa shape index (κ1) is 23.9. The number of carbonyl (C=O) groups excluding carboxylic acids is 2. The zero-order chi connectivity index (χ0) is 22.9. The molecule has 0 spiro atoms. The van der Waals surface area contributed by atoms with E-state index in [0.717, 1.165) is 37.3 Å². The van der Waals surface area contributed by atoms with Gasteiger partial charge in [0.05, 0.1) is 6.10 Å². The molecule has 0 aromatic heterocycles. The highest BCUT2D eigenvalue weighted by Crippen LogP contribution is 2.21. The second-order valence-corrected chi connectivity index (χ2v) is 8.29. The first-order chi connectivity index (χ1) is 15.5. The Morgan fingerprint density at radius 1 is 1.09 bits per heavy atom. The van der Waals surface area contributed by atoms with Crippen molar-refractivity contribution < 1.29 is 19.9 Å². The molecule has 0 radical (unpaired) electrons. The molecule has 1 saturated heterocycles. The molecule has 2 amide bonds. The summed E-state index contributed by atoms with van der Waals surface area (Å²) in [4.78, 5) is 24.0. The van der Waals surface area contributed by atoms with Crippen LogP contribution in [0, 0.1) is 5.92 Å². The van der Waals surface area contributed by atoms with Crippen LogP contribution in [-0.2, 0) is 11.3 Å². The van der Waals surface area contributed by atoms with Crippen molar-refractivity contribution in [1.29, 1.82) is 0 Å². The molecule has 1 unspecified atom stereocenters. The molecule has 32 heavy (non-hydrogen) atoms. The average Bonchev–Trinajstić information content (AvgIpc) is 2.83. The Morgan fingerprint density at radius 2 is 1.75 bits per heavy atom. The van der Waals surface area contributed by atoms with E-state index < -0.39 is 24.0 Å². The fraction of sp³-hybridized carbons (Fsp3) is 0.417. The fourth-order valence-corrected chi connectivity index (χ4v) is 3.85. The number of amides is 2. The van der Waals surface area contributed by atoms with Crippen molar-refractivity contribution in [3.05, 3.63) is 59.7 Å². The predicted octanol–water partition coefficient (Wildman–Crippen LogP) is 1.43. The standard InChI is InChI=1S/C24H32N4O4/c1-16(29)22(24(31)28-32)27-23(30)21-10-8-20(9-11-21)19-6-4-17(5-7-19)13-26-15-18-3-2-12-25-14-18/h4-11,16,18,22,25-26,29,32H,2-3,12-15H2,1H3,(H,27,30)(H,28,31)/t16-,18?,22+/m1/s1. The molecular formula is C24H32N4O4. The van der Waals surface area contributed by atoms with Gasteiger partial charge in [0.2, 0.25) is 0 Å². The number of carbonyl (C=O) groups is 2. The average molecular weight is 441 g/mol. The van der Waals surface area contributed by atoms with E-state index >= 15 is 0 Å². The number of benzene rings is 2. The van der Waals surface area contributed by atoms with Crippen LogP contribution in [-0.4, -0.2) is 53.9 Å². The Balaban J connectivity index is 1.54. The lowest BCUT2D eigenvalue weighted by Gasteiger charge is -2.23. The van der Waals surface area contributed by atoms with Crippen LogP contribution >= 0.6 is 0 Å². The van der Waals surface area contributed by atoms with Crippen LogP contribution < -0.4 is 21.4 Å². The number of hydrogen-bond donors (Lipinski definition) is 6. The molecule has 6 N–H and O–H groups in total. The van der Waals surface area contributed by atoms with E-state index in [4.69, 9.17) is 5.21 Å². The minimum atomic E-state index is -1.25. The maximum Gasteiger partial charge on any atom is 0.268 e. The number of aliphatic hydroxyl groups is 1. The van der Waals surface area contributed by atoms with E-state index in [1.54, 1.807) is 12.1 Å². The van der Waals surface area contributed by atoms with Gasteiger partial charge < -0.3 is 21.1 Å². The third-order valence-corrected chi connectivity index (χ3v) is 5.76. The highest BCUT2D eigenvalue weighted by atomic mass is 16.5. The first-order valence-electron chi connectivity index (χ1n) is 11.0. The molecule has 3 atom stereocenters. The normalized spacial score (nSPS) is 17.9. The van der Waals surface area contributed by atoms with Gasteiger partial charge in [0.25, 0.3) is 11.8 Å². The molecule has 0 saturated carbocycles. The van der Waals surface area contributed by atoms with Gasteiger partial charge in [-0.3, -0.25) is 14.8 Å². The summed E-state index contributed by atoms with van der Waals surface area (Å²) in [6.07, 6.45) is 1.37. The summed E-state index contributed by atoms with van der Waals surface area (Å²) in [5, 5.41) is 27.8. The predicted molar refractivity (Wildman–Crippen MR) is 122 cm³/mol. The Kier molecular flexibility index (Phi) is 8.75. The number of hydrogen-bond acceptors (Lipinski definition) is 6. The van der Waals surface area contributed by atoms with Gasteiger partial charge in [0.15, 0.2) is 0 Å².